The van der Waals surface area contributed by atoms with Gasteiger partial charge in [-0.05, 0) is 6.92 Å². The quantitative estimate of drug-likeness (QED) is 0.628. The molecule has 0 N–H and O–H groups in total. The van der Waals surface area contributed by atoms with Crippen molar-refractivity contribution < 1.29 is 14.3 Å². The average molecular weight is 214 g/mol. The molecule has 2 aliphatic heterocycles. The van der Waals surface area contributed by atoms with Crippen molar-refractivity contribution in [2.24, 2.45) is 0 Å². The van der Waals surface area contributed by atoms with E-state index in [1.807, 2.05) is 6.92 Å². The zero-order valence-corrected chi connectivity index (χ0v) is 9.15. The van der Waals surface area contributed by atoms with Gasteiger partial charge in [-0.2, -0.15) is 0 Å². The third-order valence-electron chi connectivity index (χ3n) is 2.76. The monoisotopic (exact) mass is 214 g/mol. The van der Waals surface area contributed by atoms with E-state index in [1.165, 1.54) is 0 Å². The van der Waals surface area contributed by atoms with Crippen LogP contribution in [0.5, 0.6) is 0 Å². The highest BCUT2D eigenvalue weighted by atomic mass is 16.6. The summed E-state index contributed by atoms with van der Waals surface area (Å²) in [5, 5.41) is 0. The third kappa shape index (κ3) is 3.07. The molecule has 5 nitrogen and oxygen atoms in total. The van der Waals surface area contributed by atoms with Crippen LogP contribution in [0.25, 0.3) is 0 Å². The Morgan fingerprint density at radius 2 is 2.07 bits per heavy atom. The van der Waals surface area contributed by atoms with Gasteiger partial charge in [0.05, 0.1) is 19.3 Å². The number of carbonyl (C=O) groups excluding carboxylic acids is 1. The van der Waals surface area contributed by atoms with Crippen LogP contribution in [0.1, 0.15) is 6.92 Å². The van der Waals surface area contributed by atoms with E-state index < -0.39 is 0 Å². The molecule has 15 heavy (non-hydrogen) atoms. The van der Waals surface area contributed by atoms with Gasteiger partial charge in [0.25, 0.3) is 0 Å². The molecule has 5 heteroatoms. The van der Waals surface area contributed by atoms with E-state index in [0.29, 0.717) is 12.7 Å². The minimum Gasteiger partial charge on any atom is -0.450 e. The normalized spacial score (nSPS) is 26.5. The van der Waals surface area contributed by atoms with Gasteiger partial charge >= 0.3 is 6.09 Å². The van der Waals surface area contributed by atoms with E-state index in [4.69, 9.17) is 9.47 Å². The molecular weight excluding hydrogens is 196 g/mol. The van der Waals surface area contributed by atoms with Gasteiger partial charge in [0, 0.05) is 32.7 Å². The molecule has 0 aromatic rings. The summed E-state index contributed by atoms with van der Waals surface area (Å²) in [6, 6.07) is 0. The SMILES string of the molecule is CCOC(=O)N1CCN(CC2CO2)CC1. The lowest BCUT2D eigenvalue weighted by Gasteiger charge is -2.33. The minimum atomic E-state index is -0.181. The van der Waals surface area contributed by atoms with E-state index in [0.717, 1.165) is 39.3 Å². The molecule has 2 heterocycles. The molecule has 0 radical (unpaired) electrons. The lowest BCUT2D eigenvalue weighted by molar-refractivity contribution is 0.0778. The molecule has 86 valence electrons. The molecule has 0 spiro atoms. The van der Waals surface area contributed by atoms with E-state index >= 15 is 0 Å². The van der Waals surface area contributed by atoms with Crippen LogP contribution in [0, 0.1) is 0 Å². The second-order valence-electron chi connectivity index (χ2n) is 3.94. The summed E-state index contributed by atoms with van der Waals surface area (Å²) in [4.78, 5) is 15.5. The fraction of sp³-hybridized carbons (Fsp3) is 0.900. The van der Waals surface area contributed by atoms with E-state index in [1.54, 1.807) is 4.90 Å². The Kier molecular flexibility index (Phi) is 3.43. The molecule has 1 atom stereocenters. The fourth-order valence-corrected chi connectivity index (χ4v) is 1.79. The molecular formula is C10H18N2O3. The molecule has 0 aromatic carbocycles. The highest BCUT2D eigenvalue weighted by molar-refractivity contribution is 5.67. The summed E-state index contributed by atoms with van der Waals surface area (Å²) in [6.45, 7) is 7.59. The van der Waals surface area contributed by atoms with Gasteiger partial charge in [0.2, 0.25) is 0 Å². The van der Waals surface area contributed by atoms with Crippen LogP contribution >= 0.6 is 0 Å². The first kappa shape index (κ1) is 10.7. The number of rotatable bonds is 3. The highest BCUT2D eigenvalue weighted by Crippen LogP contribution is 2.12. The molecule has 0 aliphatic carbocycles. The molecule has 0 aromatic heterocycles. The first-order valence-electron chi connectivity index (χ1n) is 5.55. The van der Waals surface area contributed by atoms with Crippen LogP contribution in [-0.4, -0.2) is 67.9 Å². The van der Waals surface area contributed by atoms with Crippen LogP contribution in [0.3, 0.4) is 0 Å². The van der Waals surface area contributed by atoms with Crippen LogP contribution < -0.4 is 0 Å². The van der Waals surface area contributed by atoms with Gasteiger partial charge in [0.1, 0.15) is 0 Å². The number of hydrogen-bond acceptors (Lipinski definition) is 4. The number of piperazine rings is 1. The summed E-state index contributed by atoms with van der Waals surface area (Å²) in [6.07, 6.45) is 0.263. The maximum atomic E-state index is 11.4. The van der Waals surface area contributed by atoms with Gasteiger partial charge < -0.3 is 14.4 Å². The van der Waals surface area contributed by atoms with E-state index in [2.05, 4.69) is 4.90 Å². The van der Waals surface area contributed by atoms with E-state index in [9.17, 15) is 4.79 Å². The lowest BCUT2D eigenvalue weighted by atomic mass is 10.3. The molecule has 2 fully saturated rings. The zero-order valence-electron chi connectivity index (χ0n) is 9.15. The molecule has 0 saturated carbocycles. The second-order valence-corrected chi connectivity index (χ2v) is 3.94. The van der Waals surface area contributed by atoms with Crippen molar-refractivity contribution >= 4 is 6.09 Å². The van der Waals surface area contributed by atoms with Crippen molar-refractivity contribution in [2.75, 3.05) is 45.9 Å². The predicted molar refractivity (Wildman–Crippen MR) is 54.8 cm³/mol. The van der Waals surface area contributed by atoms with Crippen LogP contribution in [-0.2, 0) is 9.47 Å². The fourth-order valence-electron chi connectivity index (χ4n) is 1.79. The van der Waals surface area contributed by atoms with Crippen LogP contribution in [0.2, 0.25) is 0 Å². The number of amides is 1. The molecule has 2 rings (SSSR count). The van der Waals surface area contributed by atoms with Crippen LogP contribution in [0.15, 0.2) is 0 Å². The maximum absolute atomic E-state index is 11.4. The second kappa shape index (κ2) is 4.81. The minimum absolute atomic E-state index is 0.181. The smallest absolute Gasteiger partial charge is 0.409 e. The number of ether oxygens (including phenoxy) is 2. The van der Waals surface area contributed by atoms with Crippen molar-refractivity contribution in [1.29, 1.82) is 0 Å². The van der Waals surface area contributed by atoms with Crippen LogP contribution in [0.4, 0.5) is 4.79 Å². The Morgan fingerprint density at radius 3 is 2.60 bits per heavy atom. The standard InChI is InChI=1S/C10H18N2O3/c1-2-14-10(13)12-5-3-11(4-6-12)7-9-8-15-9/h9H,2-8H2,1H3. The van der Waals surface area contributed by atoms with Crippen molar-refractivity contribution in [3.63, 3.8) is 0 Å². The Hall–Kier alpha value is -0.810. The number of epoxide rings is 1. The molecule has 1 unspecified atom stereocenters. The first-order chi connectivity index (χ1) is 7.29. The van der Waals surface area contributed by atoms with Gasteiger partial charge in [-0.15, -0.1) is 0 Å². The number of nitrogens with zero attached hydrogens (tertiary/aromatic N) is 2. The molecule has 1 amide bonds. The lowest BCUT2D eigenvalue weighted by Crippen LogP contribution is -2.49. The van der Waals surface area contributed by atoms with Crippen molar-refractivity contribution in [3.05, 3.63) is 0 Å². The first-order valence-corrected chi connectivity index (χ1v) is 5.55. The molecule has 0 bridgehead atoms. The third-order valence-corrected chi connectivity index (χ3v) is 2.76. The van der Waals surface area contributed by atoms with Crippen molar-refractivity contribution in [3.8, 4) is 0 Å². The Labute approximate surface area is 89.9 Å². The van der Waals surface area contributed by atoms with Gasteiger partial charge in [-0.25, -0.2) is 4.79 Å². The molecule has 2 saturated heterocycles. The number of carbonyl (C=O) groups is 1. The van der Waals surface area contributed by atoms with Crippen molar-refractivity contribution in [1.82, 2.24) is 9.80 Å². The topological polar surface area (TPSA) is 45.3 Å². The Morgan fingerprint density at radius 1 is 1.40 bits per heavy atom. The Balaban J connectivity index is 1.68. The van der Waals surface area contributed by atoms with Gasteiger partial charge in [-0.3, -0.25) is 4.90 Å². The Bertz CT molecular complexity index is 223. The van der Waals surface area contributed by atoms with E-state index in [-0.39, 0.29) is 6.09 Å². The summed E-state index contributed by atoms with van der Waals surface area (Å²) >= 11 is 0. The predicted octanol–water partition coefficient (Wildman–Crippen LogP) is 0.159. The molecule has 2 aliphatic rings. The van der Waals surface area contributed by atoms with Gasteiger partial charge in [-0.1, -0.05) is 0 Å². The summed E-state index contributed by atoms with van der Waals surface area (Å²) in [5.41, 5.74) is 0. The van der Waals surface area contributed by atoms with Crippen molar-refractivity contribution in [2.45, 2.75) is 13.0 Å². The zero-order chi connectivity index (χ0) is 10.7. The summed E-state index contributed by atoms with van der Waals surface area (Å²) < 4.78 is 10.1. The largest absolute Gasteiger partial charge is 0.450 e. The summed E-state index contributed by atoms with van der Waals surface area (Å²) in [5.74, 6) is 0. The highest BCUT2D eigenvalue weighted by Gasteiger charge is 2.28. The number of hydrogen-bond donors (Lipinski definition) is 0. The summed E-state index contributed by atoms with van der Waals surface area (Å²) in [7, 11) is 0. The maximum Gasteiger partial charge on any atom is 0.409 e. The van der Waals surface area contributed by atoms with Gasteiger partial charge in [0.15, 0.2) is 0 Å². The average Bonchev–Trinajstić information content (AvgIpc) is 3.03.